The molecule has 96 valence electrons. The van der Waals surface area contributed by atoms with Gasteiger partial charge in [-0.15, -0.1) is 0 Å². The molecule has 1 atom stereocenters. The SMILES string of the molecule is C[C@@H](COc1cc2[nH]ncc2cc1N)NC(=O)O. The van der Waals surface area contributed by atoms with Crippen molar-refractivity contribution in [2.45, 2.75) is 13.0 Å². The minimum atomic E-state index is -1.08. The summed E-state index contributed by atoms with van der Waals surface area (Å²) in [7, 11) is 0. The number of amides is 1. The van der Waals surface area contributed by atoms with Crippen molar-refractivity contribution in [3.63, 3.8) is 0 Å². The van der Waals surface area contributed by atoms with Crippen LogP contribution in [0.25, 0.3) is 10.9 Å². The van der Waals surface area contributed by atoms with Gasteiger partial charge in [-0.2, -0.15) is 5.10 Å². The second kappa shape index (κ2) is 4.82. The number of aromatic amines is 1. The van der Waals surface area contributed by atoms with Crippen molar-refractivity contribution in [3.05, 3.63) is 18.3 Å². The molecular formula is C11H14N4O3. The summed E-state index contributed by atoms with van der Waals surface area (Å²) in [5.74, 6) is 0.505. The van der Waals surface area contributed by atoms with E-state index in [1.54, 1.807) is 25.3 Å². The number of rotatable bonds is 4. The molecule has 2 aromatic rings. The first-order chi connectivity index (χ1) is 8.56. The quantitative estimate of drug-likeness (QED) is 0.608. The average Bonchev–Trinajstić information content (AvgIpc) is 2.71. The Bertz CT molecular complexity index is 566. The molecule has 0 unspecified atom stereocenters. The minimum Gasteiger partial charge on any atom is -0.489 e. The summed E-state index contributed by atoms with van der Waals surface area (Å²) < 4.78 is 5.48. The largest absolute Gasteiger partial charge is 0.489 e. The van der Waals surface area contributed by atoms with Crippen molar-refractivity contribution in [3.8, 4) is 5.75 Å². The monoisotopic (exact) mass is 250 g/mol. The van der Waals surface area contributed by atoms with Crippen LogP contribution in [0.5, 0.6) is 5.75 Å². The lowest BCUT2D eigenvalue weighted by Crippen LogP contribution is -2.35. The third-order valence-electron chi connectivity index (χ3n) is 2.43. The maximum Gasteiger partial charge on any atom is 0.404 e. The maximum atomic E-state index is 10.4. The Morgan fingerprint density at radius 3 is 3.17 bits per heavy atom. The summed E-state index contributed by atoms with van der Waals surface area (Å²) in [4.78, 5) is 10.4. The fraction of sp³-hybridized carbons (Fsp3) is 0.273. The van der Waals surface area contributed by atoms with Crippen molar-refractivity contribution in [1.82, 2.24) is 15.5 Å². The Hall–Kier alpha value is -2.44. The molecule has 5 N–H and O–H groups in total. The van der Waals surface area contributed by atoms with Gasteiger partial charge >= 0.3 is 6.09 Å². The van der Waals surface area contributed by atoms with E-state index in [9.17, 15) is 4.79 Å². The molecule has 7 heteroatoms. The topological polar surface area (TPSA) is 113 Å². The summed E-state index contributed by atoms with van der Waals surface area (Å²) in [6.45, 7) is 1.91. The zero-order valence-corrected chi connectivity index (χ0v) is 9.80. The van der Waals surface area contributed by atoms with E-state index >= 15 is 0 Å². The number of carboxylic acid groups (broad SMARTS) is 1. The molecule has 0 spiro atoms. The molecule has 7 nitrogen and oxygen atoms in total. The number of benzene rings is 1. The highest BCUT2D eigenvalue weighted by Crippen LogP contribution is 2.26. The molecule has 0 saturated carbocycles. The van der Waals surface area contributed by atoms with Gasteiger partial charge in [0.1, 0.15) is 12.4 Å². The molecule has 2 rings (SSSR count). The normalized spacial score (nSPS) is 12.3. The van der Waals surface area contributed by atoms with Gasteiger partial charge in [-0.1, -0.05) is 0 Å². The summed E-state index contributed by atoms with van der Waals surface area (Å²) >= 11 is 0. The molecular weight excluding hydrogens is 236 g/mol. The molecule has 1 amide bonds. The number of nitrogens with zero attached hydrogens (tertiary/aromatic N) is 1. The van der Waals surface area contributed by atoms with Crippen LogP contribution in [0.2, 0.25) is 0 Å². The maximum absolute atomic E-state index is 10.4. The average molecular weight is 250 g/mol. The number of anilines is 1. The molecule has 18 heavy (non-hydrogen) atoms. The van der Waals surface area contributed by atoms with E-state index < -0.39 is 6.09 Å². The van der Waals surface area contributed by atoms with E-state index in [2.05, 4.69) is 15.5 Å². The third kappa shape index (κ3) is 2.62. The first-order valence-corrected chi connectivity index (χ1v) is 5.41. The van der Waals surface area contributed by atoms with Gasteiger partial charge in [0.15, 0.2) is 0 Å². The summed E-state index contributed by atoms with van der Waals surface area (Å²) in [5.41, 5.74) is 7.14. The first-order valence-electron chi connectivity index (χ1n) is 5.41. The Kier molecular flexibility index (Phi) is 3.22. The number of hydrogen-bond acceptors (Lipinski definition) is 4. The highest BCUT2D eigenvalue weighted by atomic mass is 16.5. The molecule has 0 aliphatic rings. The number of nitrogen functional groups attached to an aromatic ring is 1. The zero-order valence-electron chi connectivity index (χ0n) is 9.80. The third-order valence-corrected chi connectivity index (χ3v) is 2.43. The van der Waals surface area contributed by atoms with Crippen LogP contribution in [0, 0.1) is 0 Å². The highest BCUT2D eigenvalue weighted by Gasteiger charge is 2.09. The van der Waals surface area contributed by atoms with Gasteiger partial charge in [-0.25, -0.2) is 4.79 Å². The van der Waals surface area contributed by atoms with Crippen LogP contribution < -0.4 is 15.8 Å². The van der Waals surface area contributed by atoms with Gasteiger partial charge < -0.3 is 20.9 Å². The van der Waals surface area contributed by atoms with Gasteiger partial charge in [0.25, 0.3) is 0 Å². The minimum absolute atomic E-state index is 0.205. The second-order valence-corrected chi connectivity index (χ2v) is 4.01. The molecule has 1 heterocycles. The van der Waals surface area contributed by atoms with Crippen molar-refractivity contribution in [2.24, 2.45) is 0 Å². The molecule has 0 aliphatic heterocycles. The molecule has 0 radical (unpaired) electrons. The van der Waals surface area contributed by atoms with Gasteiger partial charge in [-0.05, 0) is 13.0 Å². The summed E-state index contributed by atoms with van der Waals surface area (Å²) in [6, 6.07) is 3.17. The standard InChI is InChI=1S/C11H14N4O3/c1-6(14-11(16)17)5-18-10-3-9-7(2-8(10)12)4-13-15-9/h2-4,6,14H,5,12H2,1H3,(H,13,15)(H,16,17)/t6-/m0/s1. The van der Waals surface area contributed by atoms with Gasteiger partial charge in [0.2, 0.25) is 0 Å². The molecule has 1 aromatic carbocycles. The lowest BCUT2D eigenvalue weighted by molar-refractivity contribution is 0.183. The number of aromatic nitrogens is 2. The van der Waals surface area contributed by atoms with Crippen LogP contribution in [0.1, 0.15) is 6.92 Å². The van der Waals surface area contributed by atoms with E-state index in [0.29, 0.717) is 11.4 Å². The van der Waals surface area contributed by atoms with E-state index in [0.717, 1.165) is 10.9 Å². The Labute approximate surface area is 103 Å². The number of hydrogen-bond donors (Lipinski definition) is 4. The van der Waals surface area contributed by atoms with Gasteiger partial charge in [-0.3, -0.25) is 5.10 Å². The smallest absolute Gasteiger partial charge is 0.404 e. The second-order valence-electron chi connectivity index (χ2n) is 4.01. The Morgan fingerprint density at radius 1 is 1.67 bits per heavy atom. The van der Waals surface area contributed by atoms with Crippen molar-refractivity contribution >= 4 is 22.7 Å². The molecule has 0 saturated heterocycles. The van der Waals surface area contributed by atoms with E-state index in [1.165, 1.54) is 0 Å². The molecule has 0 aliphatic carbocycles. The lowest BCUT2D eigenvalue weighted by atomic mass is 10.2. The number of fused-ring (bicyclic) bond motifs is 1. The predicted molar refractivity (Wildman–Crippen MR) is 66.6 cm³/mol. The van der Waals surface area contributed by atoms with E-state index in [1.807, 2.05) is 0 Å². The first kappa shape index (κ1) is 12.0. The predicted octanol–water partition coefficient (Wildman–Crippen LogP) is 1.18. The zero-order chi connectivity index (χ0) is 13.1. The summed E-state index contributed by atoms with van der Waals surface area (Å²) in [5, 5.41) is 18.4. The number of carbonyl (C=O) groups is 1. The van der Waals surface area contributed by atoms with Crippen LogP contribution in [0.4, 0.5) is 10.5 Å². The molecule has 1 aromatic heterocycles. The van der Waals surface area contributed by atoms with E-state index in [4.69, 9.17) is 15.6 Å². The number of nitrogens with two attached hydrogens (primary N) is 1. The van der Waals surface area contributed by atoms with Gasteiger partial charge in [0, 0.05) is 11.5 Å². The Morgan fingerprint density at radius 2 is 2.44 bits per heavy atom. The van der Waals surface area contributed by atoms with Crippen LogP contribution in [-0.2, 0) is 0 Å². The van der Waals surface area contributed by atoms with Crippen LogP contribution >= 0.6 is 0 Å². The van der Waals surface area contributed by atoms with Crippen molar-refractivity contribution in [2.75, 3.05) is 12.3 Å². The summed E-state index contributed by atoms with van der Waals surface area (Å²) in [6.07, 6.45) is 0.590. The van der Waals surface area contributed by atoms with Crippen LogP contribution in [0.3, 0.4) is 0 Å². The fourth-order valence-corrected chi connectivity index (χ4v) is 1.58. The van der Waals surface area contributed by atoms with Crippen molar-refractivity contribution in [1.29, 1.82) is 0 Å². The van der Waals surface area contributed by atoms with Crippen LogP contribution in [-0.4, -0.2) is 34.0 Å². The number of ether oxygens (including phenoxy) is 1. The lowest BCUT2D eigenvalue weighted by Gasteiger charge is -2.14. The number of H-pyrrole nitrogens is 1. The highest BCUT2D eigenvalue weighted by molar-refractivity contribution is 5.84. The Balaban J connectivity index is 2.06. The van der Waals surface area contributed by atoms with Crippen LogP contribution in [0.15, 0.2) is 18.3 Å². The molecule has 0 bridgehead atoms. The van der Waals surface area contributed by atoms with E-state index in [-0.39, 0.29) is 12.6 Å². The molecule has 0 fully saturated rings. The van der Waals surface area contributed by atoms with Gasteiger partial charge in [0.05, 0.1) is 23.4 Å². The fourth-order valence-electron chi connectivity index (χ4n) is 1.58. The van der Waals surface area contributed by atoms with Crippen molar-refractivity contribution < 1.29 is 14.6 Å². The number of nitrogens with one attached hydrogen (secondary N) is 2.